The number of pyridine rings is 2. The number of thiophene rings is 1. The Morgan fingerprint density at radius 3 is 2.88 bits per heavy atom. The molecule has 0 unspecified atom stereocenters. The van der Waals surface area contributed by atoms with E-state index in [0.717, 1.165) is 43.1 Å². The molecular formula is C19H13N5S. The van der Waals surface area contributed by atoms with Crippen molar-refractivity contribution in [2.24, 2.45) is 0 Å². The summed E-state index contributed by atoms with van der Waals surface area (Å²) in [4.78, 5) is 10.1. The minimum Gasteiger partial charge on any atom is -0.354 e. The molecule has 1 aromatic carbocycles. The number of rotatable bonds is 3. The van der Waals surface area contributed by atoms with Gasteiger partial charge in [0.05, 0.1) is 38.2 Å². The lowest BCUT2D eigenvalue weighted by Crippen LogP contribution is -1.90. The van der Waals surface area contributed by atoms with E-state index in [1.165, 1.54) is 0 Å². The van der Waals surface area contributed by atoms with Crippen LogP contribution in [0.3, 0.4) is 0 Å². The van der Waals surface area contributed by atoms with Crippen molar-refractivity contribution >= 4 is 43.8 Å². The highest BCUT2D eigenvalue weighted by Crippen LogP contribution is 2.36. The Labute approximate surface area is 147 Å². The summed E-state index contributed by atoms with van der Waals surface area (Å²) < 4.78 is 1.12. The first kappa shape index (κ1) is 14.1. The zero-order chi connectivity index (χ0) is 16.6. The van der Waals surface area contributed by atoms with E-state index in [2.05, 4.69) is 37.6 Å². The predicted molar refractivity (Wildman–Crippen MR) is 102 cm³/mol. The van der Waals surface area contributed by atoms with Crippen LogP contribution >= 0.6 is 11.3 Å². The average molecular weight is 343 g/mol. The topological polar surface area (TPSA) is 66.5 Å². The molecule has 0 bridgehead atoms. The average Bonchev–Trinajstić information content (AvgIpc) is 3.29. The zero-order valence-corrected chi connectivity index (χ0v) is 13.9. The molecule has 0 saturated carbocycles. The second-order valence-electron chi connectivity index (χ2n) is 5.70. The molecule has 4 aromatic heterocycles. The lowest BCUT2D eigenvalue weighted by atomic mass is 10.2. The second kappa shape index (κ2) is 5.68. The van der Waals surface area contributed by atoms with Crippen LogP contribution in [0.1, 0.15) is 0 Å². The van der Waals surface area contributed by atoms with Crippen LogP contribution in [0.25, 0.3) is 31.7 Å². The Hall–Kier alpha value is -3.25. The van der Waals surface area contributed by atoms with Gasteiger partial charge in [-0.25, -0.2) is 0 Å². The van der Waals surface area contributed by atoms with Crippen molar-refractivity contribution in [1.82, 2.24) is 20.2 Å². The van der Waals surface area contributed by atoms with E-state index in [0.29, 0.717) is 0 Å². The first-order valence-electron chi connectivity index (χ1n) is 7.87. The van der Waals surface area contributed by atoms with Gasteiger partial charge in [0.1, 0.15) is 0 Å². The minimum absolute atomic E-state index is 0.969. The highest BCUT2D eigenvalue weighted by molar-refractivity contribution is 7.22. The van der Waals surface area contributed by atoms with E-state index in [-0.39, 0.29) is 0 Å². The van der Waals surface area contributed by atoms with Crippen molar-refractivity contribution < 1.29 is 0 Å². The maximum Gasteiger partial charge on any atom is 0.0837 e. The van der Waals surface area contributed by atoms with Crippen LogP contribution in [-0.4, -0.2) is 20.2 Å². The molecule has 0 radical (unpaired) electrons. The summed E-state index contributed by atoms with van der Waals surface area (Å²) in [6.07, 6.45) is 5.47. The second-order valence-corrected chi connectivity index (χ2v) is 6.75. The van der Waals surface area contributed by atoms with Crippen molar-refractivity contribution in [2.75, 3.05) is 5.32 Å². The summed E-state index contributed by atoms with van der Waals surface area (Å²) in [5.74, 6) is 0. The van der Waals surface area contributed by atoms with Gasteiger partial charge in [-0.05, 0) is 42.5 Å². The van der Waals surface area contributed by atoms with Crippen molar-refractivity contribution in [3.63, 3.8) is 0 Å². The number of hydrogen-bond acceptors (Lipinski definition) is 5. The predicted octanol–water partition coefficient (Wildman–Crippen LogP) is 4.98. The number of anilines is 2. The molecule has 5 rings (SSSR count). The number of benzene rings is 1. The summed E-state index contributed by atoms with van der Waals surface area (Å²) in [6.45, 7) is 0. The van der Waals surface area contributed by atoms with Crippen LogP contribution in [0.15, 0.2) is 67.1 Å². The van der Waals surface area contributed by atoms with Gasteiger partial charge in [-0.3, -0.25) is 15.1 Å². The Morgan fingerprint density at radius 1 is 0.960 bits per heavy atom. The summed E-state index contributed by atoms with van der Waals surface area (Å²) >= 11 is 1.70. The smallest absolute Gasteiger partial charge is 0.0837 e. The van der Waals surface area contributed by atoms with Gasteiger partial charge >= 0.3 is 0 Å². The standard InChI is InChI=1S/C19H13N5S/c1-2-7-20-15(3-1)18-10-17-19(25-18)16(6-8-21-17)23-13-4-5-14-12(9-13)11-22-24-14/h1-11H,(H,21,23)(H,22,24). The summed E-state index contributed by atoms with van der Waals surface area (Å²) in [7, 11) is 0. The molecule has 0 aliphatic carbocycles. The van der Waals surface area contributed by atoms with Gasteiger partial charge in [-0.15, -0.1) is 11.3 Å². The van der Waals surface area contributed by atoms with Gasteiger partial charge in [0.2, 0.25) is 0 Å². The number of fused-ring (bicyclic) bond motifs is 2. The molecule has 0 fully saturated rings. The molecule has 0 aliphatic heterocycles. The maximum atomic E-state index is 4.50. The van der Waals surface area contributed by atoms with Gasteiger partial charge in [-0.2, -0.15) is 5.10 Å². The van der Waals surface area contributed by atoms with E-state index >= 15 is 0 Å². The van der Waals surface area contributed by atoms with Crippen LogP contribution in [0, 0.1) is 0 Å². The molecular weight excluding hydrogens is 330 g/mol. The number of aromatic nitrogens is 4. The van der Waals surface area contributed by atoms with E-state index in [1.54, 1.807) is 11.3 Å². The van der Waals surface area contributed by atoms with Gasteiger partial charge in [0.25, 0.3) is 0 Å². The lowest BCUT2D eigenvalue weighted by molar-refractivity contribution is 1.12. The van der Waals surface area contributed by atoms with Gasteiger partial charge < -0.3 is 5.32 Å². The van der Waals surface area contributed by atoms with Crippen molar-refractivity contribution in [3.05, 3.63) is 67.1 Å². The molecule has 0 atom stereocenters. The van der Waals surface area contributed by atoms with Crippen LogP contribution < -0.4 is 5.32 Å². The first-order chi connectivity index (χ1) is 12.4. The fourth-order valence-corrected chi connectivity index (χ4v) is 3.91. The normalized spacial score (nSPS) is 11.2. The molecule has 0 saturated heterocycles. The molecule has 120 valence electrons. The Morgan fingerprint density at radius 2 is 1.96 bits per heavy atom. The number of nitrogens with one attached hydrogen (secondary N) is 2. The molecule has 0 spiro atoms. The molecule has 0 amide bonds. The molecule has 25 heavy (non-hydrogen) atoms. The molecule has 6 heteroatoms. The van der Waals surface area contributed by atoms with E-state index in [1.807, 2.05) is 55.0 Å². The van der Waals surface area contributed by atoms with Crippen LogP contribution in [0.4, 0.5) is 11.4 Å². The third-order valence-corrected chi connectivity index (χ3v) is 5.23. The molecule has 5 aromatic rings. The third-order valence-electron chi connectivity index (χ3n) is 4.05. The molecule has 0 aliphatic rings. The minimum atomic E-state index is 0.969. The van der Waals surface area contributed by atoms with Gasteiger partial charge in [0, 0.05) is 23.5 Å². The largest absolute Gasteiger partial charge is 0.354 e. The SMILES string of the molecule is c1ccc(-c2cc3nccc(Nc4ccc5[nH]ncc5c4)c3s2)nc1. The van der Waals surface area contributed by atoms with Gasteiger partial charge in [0.15, 0.2) is 0 Å². The number of nitrogens with zero attached hydrogens (tertiary/aromatic N) is 3. The van der Waals surface area contributed by atoms with Gasteiger partial charge in [-0.1, -0.05) is 6.07 Å². The highest BCUT2D eigenvalue weighted by Gasteiger charge is 2.10. The van der Waals surface area contributed by atoms with Crippen LogP contribution in [-0.2, 0) is 0 Å². The summed E-state index contributed by atoms with van der Waals surface area (Å²) in [6, 6.07) is 16.2. The van der Waals surface area contributed by atoms with Crippen LogP contribution in [0.2, 0.25) is 0 Å². The van der Waals surface area contributed by atoms with Crippen molar-refractivity contribution in [2.45, 2.75) is 0 Å². The van der Waals surface area contributed by atoms with E-state index in [9.17, 15) is 0 Å². The lowest BCUT2D eigenvalue weighted by Gasteiger charge is -2.07. The van der Waals surface area contributed by atoms with Crippen LogP contribution in [0.5, 0.6) is 0 Å². The fraction of sp³-hybridized carbons (Fsp3) is 0. The molecule has 5 nitrogen and oxygen atoms in total. The third kappa shape index (κ3) is 2.53. The van der Waals surface area contributed by atoms with E-state index < -0.39 is 0 Å². The highest BCUT2D eigenvalue weighted by atomic mass is 32.1. The fourth-order valence-electron chi connectivity index (χ4n) is 2.85. The number of aromatic amines is 1. The zero-order valence-electron chi connectivity index (χ0n) is 13.1. The van der Waals surface area contributed by atoms with Crippen molar-refractivity contribution in [3.8, 4) is 10.6 Å². The molecule has 4 heterocycles. The number of H-pyrrole nitrogens is 1. The summed E-state index contributed by atoms with van der Waals surface area (Å²) in [5, 5.41) is 11.6. The maximum absolute atomic E-state index is 4.50. The quantitative estimate of drug-likeness (QED) is 0.485. The van der Waals surface area contributed by atoms with E-state index in [4.69, 9.17) is 0 Å². The first-order valence-corrected chi connectivity index (χ1v) is 8.68. The Balaban J connectivity index is 1.57. The Kier molecular flexibility index (Phi) is 3.21. The number of hydrogen-bond donors (Lipinski definition) is 2. The summed E-state index contributed by atoms with van der Waals surface area (Å²) in [5.41, 5.74) is 5.03. The monoisotopic (exact) mass is 343 g/mol. The molecule has 2 N–H and O–H groups in total. The Bertz CT molecular complexity index is 1180. The van der Waals surface area contributed by atoms with Crippen molar-refractivity contribution in [1.29, 1.82) is 0 Å².